The lowest BCUT2D eigenvalue weighted by atomic mass is 9.97. The van der Waals surface area contributed by atoms with Gasteiger partial charge in [0.2, 0.25) is 5.82 Å². The van der Waals surface area contributed by atoms with E-state index < -0.39 is 0 Å². The molecule has 0 aliphatic carbocycles. The summed E-state index contributed by atoms with van der Waals surface area (Å²) in [7, 11) is 0. The second-order valence-electron chi connectivity index (χ2n) is 8.67. The van der Waals surface area contributed by atoms with E-state index in [9.17, 15) is 9.18 Å². The quantitative estimate of drug-likeness (QED) is 0.385. The maximum atomic E-state index is 13.1. The standard InChI is InChI=1S/C27H25FN4O3/c1-18-4-2-7-24(29-18)25-30-26(35-31-25)21-5-3-6-23(16-21)34-17-19-12-14-32(15-13-19)27(33)20-8-10-22(28)11-9-20/h2-11,16,19H,12-15,17H2,1H3. The van der Waals surface area contributed by atoms with Gasteiger partial charge >= 0.3 is 0 Å². The third-order valence-corrected chi connectivity index (χ3v) is 6.10. The highest BCUT2D eigenvalue weighted by molar-refractivity contribution is 5.94. The zero-order chi connectivity index (χ0) is 24.2. The van der Waals surface area contributed by atoms with Gasteiger partial charge in [-0.3, -0.25) is 4.79 Å². The Morgan fingerprint density at radius 3 is 2.60 bits per heavy atom. The van der Waals surface area contributed by atoms with E-state index in [1.165, 1.54) is 24.3 Å². The minimum Gasteiger partial charge on any atom is -0.493 e. The third kappa shape index (κ3) is 5.37. The maximum absolute atomic E-state index is 13.1. The van der Waals surface area contributed by atoms with E-state index in [1.807, 2.05) is 54.3 Å². The molecule has 0 saturated carbocycles. The Morgan fingerprint density at radius 1 is 1.06 bits per heavy atom. The van der Waals surface area contributed by atoms with Crippen LogP contribution in [0.1, 0.15) is 28.9 Å². The van der Waals surface area contributed by atoms with E-state index >= 15 is 0 Å². The van der Waals surface area contributed by atoms with E-state index in [1.54, 1.807) is 0 Å². The van der Waals surface area contributed by atoms with Gasteiger partial charge in [-0.15, -0.1) is 0 Å². The van der Waals surface area contributed by atoms with Crippen LogP contribution in [0, 0.1) is 18.7 Å². The number of benzene rings is 2. The molecule has 2 aromatic heterocycles. The van der Waals surface area contributed by atoms with Gasteiger partial charge in [0, 0.05) is 29.9 Å². The Balaban J connectivity index is 1.16. The highest BCUT2D eigenvalue weighted by Gasteiger charge is 2.24. The van der Waals surface area contributed by atoms with Crippen LogP contribution in [0.3, 0.4) is 0 Å². The van der Waals surface area contributed by atoms with Crippen molar-refractivity contribution < 1.29 is 18.4 Å². The summed E-state index contributed by atoms with van der Waals surface area (Å²) in [5.41, 5.74) is 2.83. The molecule has 1 amide bonds. The molecule has 1 aliphatic heterocycles. The number of nitrogens with zero attached hydrogens (tertiary/aromatic N) is 4. The lowest BCUT2D eigenvalue weighted by Gasteiger charge is -2.32. The Bertz CT molecular complexity index is 1310. The minimum absolute atomic E-state index is 0.0585. The van der Waals surface area contributed by atoms with Gasteiger partial charge in [-0.25, -0.2) is 9.37 Å². The second-order valence-corrected chi connectivity index (χ2v) is 8.67. The number of piperidine rings is 1. The summed E-state index contributed by atoms with van der Waals surface area (Å²) in [6, 6.07) is 18.9. The minimum atomic E-state index is -0.343. The monoisotopic (exact) mass is 472 g/mol. The van der Waals surface area contributed by atoms with Crippen molar-refractivity contribution in [1.29, 1.82) is 0 Å². The SMILES string of the molecule is Cc1cccc(-c2noc(-c3cccc(OCC4CCN(C(=O)c5ccc(F)cc5)CC4)c3)n2)n1. The molecule has 0 bridgehead atoms. The van der Waals surface area contributed by atoms with Crippen LogP contribution in [-0.4, -0.2) is 45.6 Å². The molecule has 5 rings (SSSR count). The number of rotatable bonds is 6. The summed E-state index contributed by atoms with van der Waals surface area (Å²) in [6.07, 6.45) is 1.70. The zero-order valence-electron chi connectivity index (χ0n) is 19.4. The fraction of sp³-hybridized carbons (Fsp3) is 0.259. The summed E-state index contributed by atoms with van der Waals surface area (Å²) in [5.74, 6) is 1.51. The molecule has 178 valence electrons. The van der Waals surface area contributed by atoms with E-state index in [0.29, 0.717) is 48.6 Å². The molecule has 1 aliphatic rings. The molecule has 0 radical (unpaired) electrons. The molecule has 0 unspecified atom stereocenters. The molecular weight excluding hydrogens is 447 g/mol. The fourth-order valence-electron chi connectivity index (χ4n) is 4.12. The number of ether oxygens (including phenoxy) is 1. The highest BCUT2D eigenvalue weighted by atomic mass is 19.1. The van der Waals surface area contributed by atoms with E-state index in [-0.39, 0.29) is 11.7 Å². The van der Waals surface area contributed by atoms with Crippen molar-refractivity contribution in [3.05, 3.63) is 83.8 Å². The predicted molar refractivity (Wildman–Crippen MR) is 128 cm³/mol. The number of hydrogen-bond acceptors (Lipinski definition) is 6. The molecule has 3 heterocycles. The van der Waals surface area contributed by atoms with Crippen LogP contribution in [0.4, 0.5) is 4.39 Å². The molecule has 8 heteroatoms. The zero-order valence-corrected chi connectivity index (χ0v) is 19.4. The Morgan fingerprint density at radius 2 is 1.83 bits per heavy atom. The first kappa shape index (κ1) is 22.7. The number of carbonyl (C=O) groups excluding carboxylic acids is 1. The average Bonchev–Trinajstić information content (AvgIpc) is 3.39. The first-order valence-corrected chi connectivity index (χ1v) is 11.6. The number of pyridine rings is 1. The summed E-state index contributed by atoms with van der Waals surface area (Å²) in [6.45, 7) is 3.78. The molecular formula is C27H25FN4O3. The number of amides is 1. The average molecular weight is 473 g/mol. The van der Waals surface area contributed by atoms with Crippen LogP contribution in [-0.2, 0) is 0 Å². The van der Waals surface area contributed by atoms with Gasteiger partial charge in [-0.2, -0.15) is 4.98 Å². The summed E-state index contributed by atoms with van der Waals surface area (Å²) < 4.78 is 24.6. The Hall–Kier alpha value is -4.07. The van der Waals surface area contributed by atoms with Gasteiger partial charge < -0.3 is 14.2 Å². The molecule has 0 atom stereocenters. The van der Waals surface area contributed by atoms with Gasteiger partial charge in [-0.1, -0.05) is 17.3 Å². The van der Waals surface area contributed by atoms with Gasteiger partial charge in [0.1, 0.15) is 17.3 Å². The molecule has 7 nitrogen and oxygen atoms in total. The lowest BCUT2D eigenvalue weighted by molar-refractivity contribution is 0.0661. The summed E-state index contributed by atoms with van der Waals surface area (Å²) in [4.78, 5) is 23.4. The fourth-order valence-corrected chi connectivity index (χ4v) is 4.12. The molecule has 2 aromatic carbocycles. The van der Waals surface area contributed by atoms with Crippen LogP contribution < -0.4 is 4.74 Å². The number of halogens is 1. The second kappa shape index (κ2) is 10.0. The van der Waals surface area contributed by atoms with Crippen LogP contribution in [0.25, 0.3) is 23.0 Å². The van der Waals surface area contributed by atoms with Crippen LogP contribution in [0.15, 0.2) is 71.3 Å². The Kier molecular flexibility index (Phi) is 6.52. The van der Waals surface area contributed by atoms with Crippen LogP contribution >= 0.6 is 0 Å². The van der Waals surface area contributed by atoms with Gasteiger partial charge in [0.05, 0.1) is 6.61 Å². The smallest absolute Gasteiger partial charge is 0.258 e. The lowest BCUT2D eigenvalue weighted by Crippen LogP contribution is -2.39. The van der Waals surface area contributed by atoms with Crippen molar-refractivity contribution in [1.82, 2.24) is 20.0 Å². The number of aromatic nitrogens is 3. The van der Waals surface area contributed by atoms with Crippen LogP contribution in [0.5, 0.6) is 5.75 Å². The molecule has 0 spiro atoms. The molecule has 4 aromatic rings. The van der Waals surface area contributed by atoms with E-state index in [2.05, 4.69) is 15.1 Å². The van der Waals surface area contributed by atoms with Crippen molar-refractivity contribution in [2.75, 3.05) is 19.7 Å². The van der Waals surface area contributed by atoms with Crippen molar-refractivity contribution >= 4 is 5.91 Å². The molecule has 35 heavy (non-hydrogen) atoms. The van der Waals surface area contributed by atoms with Crippen molar-refractivity contribution in [3.63, 3.8) is 0 Å². The van der Waals surface area contributed by atoms with Crippen molar-refractivity contribution in [2.24, 2.45) is 5.92 Å². The summed E-state index contributed by atoms with van der Waals surface area (Å²) in [5, 5.41) is 4.06. The highest BCUT2D eigenvalue weighted by Crippen LogP contribution is 2.26. The van der Waals surface area contributed by atoms with Gasteiger partial charge in [0.15, 0.2) is 0 Å². The number of likely N-dealkylation sites (tertiary alicyclic amines) is 1. The topological polar surface area (TPSA) is 81.4 Å². The molecule has 0 N–H and O–H groups in total. The van der Waals surface area contributed by atoms with E-state index in [4.69, 9.17) is 9.26 Å². The van der Waals surface area contributed by atoms with Crippen molar-refractivity contribution in [2.45, 2.75) is 19.8 Å². The van der Waals surface area contributed by atoms with Crippen molar-refractivity contribution in [3.8, 4) is 28.7 Å². The number of carbonyl (C=O) groups is 1. The largest absolute Gasteiger partial charge is 0.493 e. The first-order chi connectivity index (χ1) is 17.0. The summed E-state index contributed by atoms with van der Waals surface area (Å²) >= 11 is 0. The maximum Gasteiger partial charge on any atom is 0.258 e. The van der Waals surface area contributed by atoms with Gasteiger partial charge in [0.25, 0.3) is 11.8 Å². The van der Waals surface area contributed by atoms with Gasteiger partial charge in [-0.05, 0) is 80.3 Å². The molecule has 1 saturated heterocycles. The normalized spacial score (nSPS) is 14.2. The van der Waals surface area contributed by atoms with E-state index in [0.717, 1.165) is 29.8 Å². The first-order valence-electron chi connectivity index (χ1n) is 11.6. The van der Waals surface area contributed by atoms with Crippen LogP contribution in [0.2, 0.25) is 0 Å². The third-order valence-electron chi connectivity index (χ3n) is 6.10. The molecule has 1 fully saturated rings. The number of hydrogen-bond donors (Lipinski definition) is 0. The number of aryl methyl sites for hydroxylation is 1. The predicted octanol–water partition coefficient (Wildman–Crippen LogP) is 5.18. The Labute approximate surface area is 202 Å².